The Hall–Kier alpha value is -1.96. The number of carbonyl (C=O) groups is 1. The zero-order valence-electron chi connectivity index (χ0n) is 10.1. The van der Waals surface area contributed by atoms with Gasteiger partial charge in [0, 0.05) is 19.6 Å². The molecule has 1 saturated heterocycles. The predicted octanol–water partition coefficient (Wildman–Crippen LogP) is -0.162. The second kappa shape index (κ2) is 5.58. The van der Waals surface area contributed by atoms with Gasteiger partial charge in [-0.1, -0.05) is 0 Å². The standard InChI is InChI=1S/C10H15N5O3/c1-2-11-9-12-7(8(16)17)13-10(14-9)15-3-5-18-6-4-15/h2-6H2,1H3,(H,16,17)(H,11,12,13,14). The van der Waals surface area contributed by atoms with Gasteiger partial charge in [0.25, 0.3) is 0 Å². The highest BCUT2D eigenvalue weighted by Gasteiger charge is 2.18. The van der Waals surface area contributed by atoms with Crippen molar-refractivity contribution >= 4 is 17.9 Å². The number of ether oxygens (including phenoxy) is 1. The fraction of sp³-hybridized carbons (Fsp3) is 0.600. The number of anilines is 2. The first kappa shape index (κ1) is 12.5. The van der Waals surface area contributed by atoms with Crippen LogP contribution < -0.4 is 10.2 Å². The van der Waals surface area contributed by atoms with Crippen molar-refractivity contribution in [2.24, 2.45) is 0 Å². The number of carboxylic acids is 1. The Kier molecular flexibility index (Phi) is 3.88. The molecule has 0 aliphatic carbocycles. The molecule has 0 radical (unpaired) electrons. The van der Waals surface area contributed by atoms with Crippen molar-refractivity contribution in [1.29, 1.82) is 0 Å². The van der Waals surface area contributed by atoms with Gasteiger partial charge in [-0.05, 0) is 6.92 Å². The molecule has 1 aliphatic rings. The zero-order chi connectivity index (χ0) is 13.0. The van der Waals surface area contributed by atoms with Gasteiger partial charge < -0.3 is 20.1 Å². The van der Waals surface area contributed by atoms with Crippen molar-refractivity contribution < 1.29 is 14.6 Å². The van der Waals surface area contributed by atoms with Gasteiger partial charge in [0.15, 0.2) is 0 Å². The van der Waals surface area contributed by atoms with Gasteiger partial charge in [-0.3, -0.25) is 0 Å². The molecule has 2 rings (SSSR count). The normalized spacial score (nSPS) is 15.5. The van der Waals surface area contributed by atoms with Gasteiger partial charge in [-0.2, -0.15) is 15.0 Å². The number of aromatic nitrogens is 3. The van der Waals surface area contributed by atoms with Gasteiger partial charge in [0.2, 0.25) is 17.7 Å². The van der Waals surface area contributed by atoms with E-state index in [1.807, 2.05) is 11.8 Å². The molecular weight excluding hydrogens is 238 g/mol. The lowest BCUT2D eigenvalue weighted by molar-refractivity contribution is 0.0683. The molecule has 1 aliphatic heterocycles. The molecule has 8 nitrogen and oxygen atoms in total. The van der Waals surface area contributed by atoms with Crippen LogP contribution in [0.5, 0.6) is 0 Å². The fourth-order valence-corrected chi connectivity index (χ4v) is 1.60. The highest BCUT2D eigenvalue weighted by atomic mass is 16.5. The second-order valence-corrected chi connectivity index (χ2v) is 3.72. The monoisotopic (exact) mass is 253 g/mol. The smallest absolute Gasteiger partial charge is 0.374 e. The van der Waals surface area contributed by atoms with Crippen molar-refractivity contribution in [3.8, 4) is 0 Å². The van der Waals surface area contributed by atoms with E-state index in [-0.39, 0.29) is 11.8 Å². The summed E-state index contributed by atoms with van der Waals surface area (Å²) in [6.45, 7) is 4.97. The van der Waals surface area contributed by atoms with Crippen LogP contribution in [0.25, 0.3) is 0 Å². The zero-order valence-corrected chi connectivity index (χ0v) is 10.1. The molecule has 1 aromatic heterocycles. The Morgan fingerprint density at radius 3 is 2.72 bits per heavy atom. The van der Waals surface area contributed by atoms with E-state index in [9.17, 15) is 4.79 Å². The van der Waals surface area contributed by atoms with E-state index < -0.39 is 5.97 Å². The molecule has 1 fully saturated rings. The molecule has 0 bridgehead atoms. The first-order valence-corrected chi connectivity index (χ1v) is 5.76. The summed E-state index contributed by atoms with van der Waals surface area (Å²) in [5.41, 5.74) is 0. The summed E-state index contributed by atoms with van der Waals surface area (Å²) >= 11 is 0. The van der Waals surface area contributed by atoms with Crippen molar-refractivity contribution in [2.75, 3.05) is 43.1 Å². The van der Waals surface area contributed by atoms with E-state index in [4.69, 9.17) is 9.84 Å². The number of nitrogens with zero attached hydrogens (tertiary/aromatic N) is 4. The van der Waals surface area contributed by atoms with E-state index in [0.29, 0.717) is 38.8 Å². The van der Waals surface area contributed by atoms with Gasteiger partial charge in [-0.15, -0.1) is 0 Å². The minimum atomic E-state index is -1.16. The summed E-state index contributed by atoms with van der Waals surface area (Å²) < 4.78 is 5.23. The molecule has 8 heteroatoms. The second-order valence-electron chi connectivity index (χ2n) is 3.72. The van der Waals surface area contributed by atoms with Crippen LogP contribution in [0, 0.1) is 0 Å². The maximum atomic E-state index is 11.0. The third kappa shape index (κ3) is 2.83. The topological polar surface area (TPSA) is 100 Å². The summed E-state index contributed by atoms with van der Waals surface area (Å²) in [4.78, 5) is 24.8. The quantitative estimate of drug-likeness (QED) is 0.763. The molecule has 1 aromatic rings. The maximum Gasteiger partial charge on any atom is 0.374 e. The Morgan fingerprint density at radius 2 is 2.11 bits per heavy atom. The molecule has 98 valence electrons. The molecule has 18 heavy (non-hydrogen) atoms. The maximum absolute atomic E-state index is 11.0. The first-order valence-electron chi connectivity index (χ1n) is 5.76. The Balaban J connectivity index is 2.29. The number of carboxylic acid groups (broad SMARTS) is 1. The third-order valence-electron chi connectivity index (χ3n) is 2.44. The molecule has 2 heterocycles. The Morgan fingerprint density at radius 1 is 1.39 bits per heavy atom. The van der Waals surface area contributed by atoms with Gasteiger partial charge in [0.1, 0.15) is 0 Å². The van der Waals surface area contributed by atoms with Crippen LogP contribution in [0.15, 0.2) is 0 Å². The number of hydrogen-bond acceptors (Lipinski definition) is 7. The van der Waals surface area contributed by atoms with Crippen molar-refractivity contribution in [3.63, 3.8) is 0 Å². The Bertz CT molecular complexity index is 434. The lowest BCUT2D eigenvalue weighted by atomic mass is 10.4. The summed E-state index contributed by atoms with van der Waals surface area (Å²) in [6, 6.07) is 0. The number of nitrogens with one attached hydrogen (secondary N) is 1. The Labute approximate surface area is 104 Å². The summed E-state index contributed by atoms with van der Waals surface area (Å²) in [5, 5.41) is 11.9. The summed E-state index contributed by atoms with van der Waals surface area (Å²) in [6.07, 6.45) is 0. The van der Waals surface area contributed by atoms with E-state index in [1.54, 1.807) is 0 Å². The van der Waals surface area contributed by atoms with E-state index in [1.165, 1.54) is 0 Å². The van der Waals surface area contributed by atoms with Crippen molar-refractivity contribution in [1.82, 2.24) is 15.0 Å². The van der Waals surface area contributed by atoms with Crippen LogP contribution >= 0.6 is 0 Å². The van der Waals surface area contributed by atoms with Crippen molar-refractivity contribution in [3.05, 3.63) is 5.82 Å². The van der Waals surface area contributed by atoms with Gasteiger partial charge >= 0.3 is 5.97 Å². The lowest BCUT2D eigenvalue weighted by Gasteiger charge is -2.26. The SMILES string of the molecule is CCNc1nc(C(=O)O)nc(N2CCOCC2)n1. The number of hydrogen-bond donors (Lipinski definition) is 2. The van der Waals surface area contributed by atoms with Gasteiger partial charge in [0.05, 0.1) is 13.2 Å². The minimum absolute atomic E-state index is 0.248. The van der Waals surface area contributed by atoms with Crippen LogP contribution in [-0.4, -0.2) is 58.9 Å². The molecule has 0 atom stereocenters. The minimum Gasteiger partial charge on any atom is -0.475 e. The molecule has 0 amide bonds. The molecule has 0 unspecified atom stereocenters. The van der Waals surface area contributed by atoms with Crippen LogP contribution in [0.4, 0.5) is 11.9 Å². The molecule has 2 N–H and O–H groups in total. The van der Waals surface area contributed by atoms with Gasteiger partial charge in [-0.25, -0.2) is 4.79 Å². The average molecular weight is 253 g/mol. The van der Waals surface area contributed by atoms with E-state index in [0.717, 1.165) is 0 Å². The van der Waals surface area contributed by atoms with Crippen molar-refractivity contribution in [2.45, 2.75) is 6.92 Å². The summed E-state index contributed by atoms with van der Waals surface area (Å²) in [5.74, 6) is -0.749. The largest absolute Gasteiger partial charge is 0.475 e. The molecule has 0 saturated carbocycles. The molecular formula is C10H15N5O3. The molecule has 0 spiro atoms. The number of aromatic carboxylic acids is 1. The van der Waals surface area contributed by atoms with E-state index in [2.05, 4.69) is 20.3 Å². The third-order valence-corrected chi connectivity index (χ3v) is 2.44. The first-order chi connectivity index (χ1) is 8.70. The number of rotatable bonds is 4. The lowest BCUT2D eigenvalue weighted by Crippen LogP contribution is -2.37. The van der Waals surface area contributed by atoms with Crippen LogP contribution in [-0.2, 0) is 4.74 Å². The van der Waals surface area contributed by atoms with E-state index >= 15 is 0 Å². The van der Waals surface area contributed by atoms with Crippen LogP contribution in [0.1, 0.15) is 17.5 Å². The average Bonchev–Trinajstić information content (AvgIpc) is 2.40. The molecule has 0 aromatic carbocycles. The highest BCUT2D eigenvalue weighted by molar-refractivity contribution is 5.83. The van der Waals surface area contributed by atoms with Crippen LogP contribution in [0.3, 0.4) is 0 Å². The highest BCUT2D eigenvalue weighted by Crippen LogP contribution is 2.12. The van der Waals surface area contributed by atoms with Crippen LogP contribution in [0.2, 0.25) is 0 Å². The fourth-order valence-electron chi connectivity index (χ4n) is 1.60. The summed E-state index contributed by atoms with van der Waals surface area (Å²) in [7, 11) is 0. The number of morpholine rings is 1. The predicted molar refractivity (Wildman–Crippen MR) is 64.0 cm³/mol.